The van der Waals surface area contributed by atoms with Crippen molar-refractivity contribution in [2.24, 2.45) is 34.0 Å². The van der Waals surface area contributed by atoms with Crippen LogP contribution in [0.3, 0.4) is 0 Å². The number of ketones is 1. The predicted octanol–water partition coefficient (Wildman–Crippen LogP) is 3.30. The van der Waals surface area contributed by atoms with Crippen LogP contribution in [0.25, 0.3) is 0 Å². The highest BCUT2D eigenvalue weighted by Gasteiger charge is 2.73. The molecule has 7 atom stereocenters. The molecule has 0 unspecified atom stereocenters. The maximum absolute atomic E-state index is 13.8. The number of allylic oxidation sites excluding steroid dienone is 1. The summed E-state index contributed by atoms with van der Waals surface area (Å²) in [6.07, 6.45) is 1.72. The summed E-state index contributed by atoms with van der Waals surface area (Å²) in [7, 11) is 1.14. The van der Waals surface area contributed by atoms with E-state index in [1.165, 1.54) is 6.92 Å². The first-order valence-electron chi connectivity index (χ1n) is 11.9. The Balaban J connectivity index is 2.17. The normalized spacial score (nSPS) is 42.4. The Morgan fingerprint density at radius 1 is 1.21 bits per heavy atom. The van der Waals surface area contributed by atoms with Crippen molar-refractivity contribution < 1.29 is 38.9 Å². The first kappa shape index (κ1) is 26.4. The van der Waals surface area contributed by atoms with Gasteiger partial charge in [0.25, 0.3) is 5.60 Å². The second-order valence-corrected chi connectivity index (χ2v) is 11.9. The van der Waals surface area contributed by atoms with E-state index in [9.17, 15) is 29.4 Å². The summed E-state index contributed by atoms with van der Waals surface area (Å²) in [5.74, 6) is -4.37. The Labute approximate surface area is 201 Å². The van der Waals surface area contributed by atoms with Gasteiger partial charge in [0.15, 0.2) is 5.78 Å². The van der Waals surface area contributed by atoms with Crippen molar-refractivity contribution in [1.82, 2.24) is 0 Å². The lowest BCUT2D eigenvalue weighted by atomic mass is 9.37. The van der Waals surface area contributed by atoms with Gasteiger partial charge >= 0.3 is 17.9 Å². The number of aliphatic hydroxyl groups is 1. The van der Waals surface area contributed by atoms with Crippen molar-refractivity contribution in [3.8, 4) is 0 Å². The molecule has 0 bridgehead atoms. The predicted molar refractivity (Wildman–Crippen MR) is 122 cm³/mol. The van der Waals surface area contributed by atoms with Crippen molar-refractivity contribution in [3.63, 3.8) is 0 Å². The molecule has 1 saturated heterocycles. The summed E-state index contributed by atoms with van der Waals surface area (Å²) >= 11 is 0. The molecular formula is C26H38O8. The molecule has 2 N–H and O–H groups in total. The zero-order valence-corrected chi connectivity index (χ0v) is 21.3. The molecular weight excluding hydrogens is 440 g/mol. The molecule has 3 fully saturated rings. The van der Waals surface area contributed by atoms with Gasteiger partial charge in [-0.2, -0.15) is 0 Å². The van der Waals surface area contributed by atoms with E-state index in [2.05, 4.69) is 6.58 Å². The maximum Gasteiger partial charge on any atom is 0.358 e. The molecule has 1 aliphatic heterocycles. The van der Waals surface area contributed by atoms with Gasteiger partial charge in [-0.15, -0.1) is 0 Å². The number of cyclic esters (lactones) is 1. The number of carbonyl (C=O) groups is 4. The summed E-state index contributed by atoms with van der Waals surface area (Å²) < 4.78 is 10.3. The van der Waals surface area contributed by atoms with E-state index in [1.807, 2.05) is 13.8 Å². The fourth-order valence-electron chi connectivity index (χ4n) is 7.90. The number of ether oxygens (including phenoxy) is 2. The number of aliphatic carboxylic acids is 1. The minimum atomic E-state index is -2.06. The van der Waals surface area contributed by atoms with Gasteiger partial charge in [0.05, 0.1) is 24.0 Å². The molecule has 3 aliphatic rings. The molecule has 8 heteroatoms. The second-order valence-electron chi connectivity index (χ2n) is 11.9. The molecule has 0 aromatic rings. The maximum atomic E-state index is 13.8. The van der Waals surface area contributed by atoms with Crippen molar-refractivity contribution in [1.29, 1.82) is 0 Å². The number of Topliss-reactive ketones (excluding diaryl/α,β-unsaturated/α-hetero) is 1. The van der Waals surface area contributed by atoms with Crippen molar-refractivity contribution >= 4 is 23.7 Å². The van der Waals surface area contributed by atoms with Crippen LogP contribution in [0.1, 0.15) is 73.6 Å². The molecule has 3 rings (SSSR count). The first-order valence-corrected chi connectivity index (χ1v) is 11.9. The summed E-state index contributed by atoms with van der Waals surface area (Å²) in [5.41, 5.74) is -5.30. The molecule has 1 heterocycles. The van der Waals surface area contributed by atoms with Crippen LogP contribution in [0.4, 0.5) is 0 Å². The highest BCUT2D eigenvalue weighted by Crippen LogP contribution is 2.70. The Kier molecular flexibility index (Phi) is 6.13. The van der Waals surface area contributed by atoms with Gasteiger partial charge in [0, 0.05) is 6.42 Å². The Morgan fingerprint density at radius 3 is 2.29 bits per heavy atom. The molecule has 0 amide bonds. The van der Waals surface area contributed by atoms with Gasteiger partial charge in [-0.1, -0.05) is 26.0 Å². The van der Waals surface area contributed by atoms with Crippen LogP contribution in [0.5, 0.6) is 0 Å². The monoisotopic (exact) mass is 478 g/mol. The summed E-state index contributed by atoms with van der Waals surface area (Å²) in [5, 5.41) is 20.5. The van der Waals surface area contributed by atoms with Crippen LogP contribution in [0, 0.1) is 34.0 Å². The Hall–Kier alpha value is -2.22. The van der Waals surface area contributed by atoms with Crippen LogP contribution in [0.2, 0.25) is 0 Å². The smallest absolute Gasteiger partial charge is 0.358 e. The lowest BCUT2D eigenvalue weighted by Crippen LogP contribution is -2.71. The average Bonchev–Trinajstić information content (AvgIpc) is 2.71. The number of rotatable bonds is 5. The SMILES string of the molecule is C=C1C[C@H]2[C@](C)(CC[C@@H](C(C)(C)O)[C@@]2(C)CCC(=O)O)[C@@H]2C(=O)O[C@@](C)(C(=O)OC)C(=O)[C@@]12C. The third kappa shape index (κ3) is 3.43. The average molecular weight is 479 g/mol. The minimum Gasteiger partial charge on any atom is -0.481 e. The number of hydrogen-bond acceptors (Lipinski definition) is 7. The lowest BCUT2D eigenvalue weighted by Gasteiger charge is -2.66. The third-order valence-corrected chi connectivity index (χ3v) is 9.53. The molecule has 190 valence electrons. The number of carbonyl (C=O) groups excluding carboxylic acids is 3. The van der Waals surface area contributed by atoms with E-state index in [0.717, 1.165) is 7.11 Å². The van der Waals surface area contributed by atoms with Gasteiger partial charge in [-0.3, -0.25) is 14.4 Å². The zero-order chi connectivity index (χ0) is 26.1. The molecule has 0 radical (unpaired) electrons. The first-order chi connectivity index (χ1) is 15.4. The van der Waals surface area contributed by atoms with Crippen molar-refractivity contribution in [3.05, 3.63) is 12.2 Å². The van der Waals surface area contributed by atoms with E-state index in [4.69, 9.17) is 9.47 Å². The topological polar surface area (TPSA) is 127 Å². The van der Waals surface area contributed by atoms with Gasteiger partial charge in [-0.05, 0) is 76.0 Å². The Bertz CT molecular complexity index is 947. The zero-order valence-electron chi connectivity index (χ0n) is 21.3. The molecule has 0 spiro atoms. The van der Waals surface area contributed by atoms with E-state index in [0.29, 0.717) is 31.3 Å². The number of carboxylic acids is 1. The fraction of sp³-hybridized carbons (Fsp3) is 0.769. The molecule has 0 aromatic carbocycles. The lowest BCUT2D eigenvalue weighted by molar-refractivity contribution is -0.225. The quantitative estimate of drug-likeness (QED) is 0.350. The van der Waals surface area contributed by atoms with Crippen LogP contribution in [0.15, 0.2) is 12.2 Å². The van der Waals surface area contributed by atoms with Crippen molar-refractivity contribution in [2.45, 2.75) is 84.8 Å². The number of methoxy groups -OCH3 is 1. The van der Waals surface area contributed by atoms with E-state index in [-0.39, 0.29) is 18.3 Å². The largest absolute Gasteiger partial charge is 0.481 e. The van der Waals surface area contributed by atoms with Gasteiger partial charge < -0.3 is 19.7 Å². The molecule has 34 heavy (non-hydrogen) atoms. The third-order valence-electron chi connectivity index (χ3n) is 9.53. The summed E-state index contributed by atoms with van der Waals surface area (Å²) in [4.78, 5) is 51.5. The standard InChI is InChI=1S/C26H38O8/c1-14-13-16-23(4,12-10-17(27)28)15(22(2,3)32)9-11-24(16,5)18-19(29)34-26(7,21(31)33-8)20(30)25(14,18)6/h15-16,18,32H,1,9-13H2,2-8H3,(H,27,28)/t15-,16+,18-,23+,24-,25-,26+/m0/s1. The van der Waals surface area contributed by atoms with Gasteiger partial charge in [0.2, 0.25) is 0 Å². The van der Waals surface area contributed by atoms with Crippen LogP contribution in [-0.2, 0) is 28.7 Å². The van der Waals surface area contributed by atoms with Gasteiger partial charge in [-0.25, -0.2) is 4.79 Å². The van der Waals surface area contributed by atoms with Crippen LogP contribution >= 0.6 is 0 Å². The van der Waals surface area contributed by atoms with E-state index in [1.54, 1.807) is 20.8 Å². The molecule has 2 aliphatic carbocycles. The number of carboxylic acid groups (broad SMARTS) is 1. The van der Waals surface area contributed by atoms with E-state index < -0.39 is 57.1 Å². The summed E-state index contributed by atoms with van der Waals surface area (Å²) in [6.45, 7) is 14.6. The number of esters is 2. The Morgan fingerprint density at radius 2 is 1.79 bits per heavy atom. The highest BCUT2D eigenvalue weighted by molar-refractivity contribution is 6.15. The fourth-order valence-corrected chi connectivity index (χ4v) is 7.90. The molecule has 2 saturated carbocycles. The minimum absolute atomic E-state index is 0.0755. The van der Waals surface area contributed by atoms with Crippen LogP contribution in [-0.4, -0.2) is 52.2 Å². The van der Waals surface area contributed by atoms with Gasteiger partial charge in [0.1, 0.15) is 0 Å². The van der Waals surface area contributed by atoms with E-state index >= 15 is 0 Å². The number of hydrogen-bond donors (Lipinski definition) is 2. The molecule has 8 nitrogen and oxygen atoms in total. The van der Waals surface area contributed by atoms with Crippen LogP contribution < -0.4 is 0 Å². The second kappa shape index (κ2) is 7.90. The van der Waals surface area contributed by atoms with Crippen molar-refractivity contribution in [2.75, 3.05) is 7.11 Å². The summed E-state index contributed by atoms with van der Waals surface area (Å²) in [6, 6.07) is 0. The highest BCUT2D eigenvalue weighted by atomic mass is 16.6. The number of fused-ring (bicyclic) bond motifs is 3. The molecule has 0 aromatic heterocycles.